The van der Waals surface area contributed by atoms with E-state index < -0.39 is 0 Å². The first-order chi connectivity index (χ1) is 7.79. The second-order valence-electron chi connectivity index (χ2n) is 3.78. The third-order valence-corrected chi connectivity index (χ3v) is 2.86. The number of hydrogen-bond donors (Lipinski definition) is 1. The summed E-state index contributed by atoms with van der Waals surface area (Å²) >= 11 is 0. The number of benzene rings is 1. The number of furan rings is 1. The number of nitrogens with one attached hydrogen (secondary N) is 1. The SMILES string of the molecule is COc1ccc2oc3c(c2c1)CCNC3=O. The van der Waals surface area contributed by atoms with Gasteiger partial charge in [-0.3, -0.25) is 4.79 Å². The predicted molar refractivity (Wildman–Crippen MR) is 58.8 cm³/mol. The van der Waals surface area contributed by atoms with Crippen LogP contribution in [0.4, 0.5) is 0 Å². The smallest absolute Gasteiger partial charge is 0.287 e. The quantitative estimate of drug-likeness (QED) is 0.791. The van der Waals surface area contributed by atoms with E-state index in [9.17, 15) is 4.79 Å². The monoisotopic (exact) mass is 217 g/mol. The van der Waals surface area contributed by atoms with Crippen LogP contribution in [0.3, 0.4) is 0 Å². The van der Waals surface area contributed by atoms with E-state index in [1.54, 1.807) is 7.11 Å². The predicted octanol–water partition coefficient (Wildman–Crippen LogP) is 1.73. The summed E-state index contributed by atoms with van der Waals surface area (Å²) in [4.78, 5) is 11.6. The standard InChI is InChI=1S/C12H11NO3/c1-15-7-2-3-10-9(6-7)8-4-5-13-12(14)11(8)16-10/h2-3,6H,4-5H2,1H3,(H,13,14). The van der Waals surface area contributed by atoms with Gasteiger partial charge in [0.05, 0.1) is 7.11 Å². The molecular weight excluding hydrogens is 206 g/mol. The van der Waals surface area contributed by atoms with Gasteiger partial charge in [-0.25, -0.2) is 0 Å². The Balaban J connectivity index is 2.29. The summed E-state index contributed by atoms with van der Waals surface area (Å²) in [6, 6.07) is 5.57. The lowest BCUT2D eigenvalue weighted by molar-refractivity contribution is 0.0919. The summed E-state index contributed by atoms with van der Waals surface area (Å²) in [5, 5.41) is 3.74. The van der Waals surface area contributed by atoms with Crippen LogP contribution in [0, 0.1) is 0 Å². The fourth-order valence-corrected chi connectivity index (χ4v) is 2.07. The Kier molecular flexibility index (Phi) is 1.89. The highest BCUT2D eigenvalue weighted by Crippen LogP contribution is 2.30. The molecule has 0 spiro atoms. The van der Waals surface area contributed by atoms with Crippen molar-refractivity contribution < 1.29 is 13.9 Å². The molecule has 1 aromatic heterocycles. The van der Waals surface area contributed by atoms with E-state index in [2.05, 4.69) is 5.32 Å². The summed E-state index contributed by atoms with van der Waals surface area (Å²) in [5.74, 6) is 1.09. The highest BCUT2D eigenvalue weighted by atomic mass is 16.5. The maximum Gasteiger partial charge on any atom is 0.287 e. The van der Waals surface area contributed by atoms with E-state index in [4.69, 9.17) is 9.15 Å². The molecule has 0 saturated heterocycles. The zero-order chi connectivity index (χ0) is 11.1. The Morgan fingerprint density at radius 3 is 3.12 bits per heavy atom. The third-order valence-electron chi connectivity index (χ3n) is 2.86. The molecule has 0 bridgehead atoms. The van der Waals surface area contributed by atoms with Crippen molar-refractivity contribution in [3.05, 3.63) is 29.5 Å². The topological polar surface area (TPSA) is 51.5 Å². The molecule has 4 heteroatoms. The zero-order valence-electron chi connectivity index (χ0n) is 8.87. The average Bonchev–Trinajstić information content (AvgIpc) is 2.68. The number of methoxy groups -OCH3 is 1. The molecule has 1 amide bonds. The molecule has 2 aromatic rings. The summed E-state index contributed by atoms with van der Waals surface area (Å²) < 4.78 is 10.7. The maximum atomic E-state index is 11.6. The van der Waals surface area contributed by atoms with Gasteiger partial charge in [0.25, 0.3) is 5.91 Å². The highest BCUT2D eigenvalue weighted by molar-refractivity contribution is 6.00. The van der Waals surface area contributed by atoms with E-state index in [1.807, 2.05) is 18.2 Å². The molecule has 16 heavy (non-hydrogen) atoms. The normalized spacial score (nSPS) is 14.7. The van der Waals surface area contributed by atoms with Crippen molar-refractivity contribution in [3.63, 3.8) is 0 Å². The maximum absolute atomic E-state index is 11.6. The van der Waals surface area contributed by atoms with Crippen molar-refractivity contribution in [2.75, 3.05) is 13.7 Å². The number of fused-ring (bicyclic) bond motifs is 3. The van der Waals surface area contributed by atoms with Gasteiger partial charge in [0.1, 0.15) is 11.3 Å². The molecular formula is C12H11NO3. The minimum absolute atomic E-state index is 0.128. The molecule has 1 aliphatic heterocycles. The van der Waals surface area contributed by atoms with Gasteiger partial charge in [0, 0.05) is 17.5 Å². The van der Waals surface area contributed by atoms with Crippen LogP contribution in [0.5, 0.6) is 5.75 Å². The molecule has 0 radical (unpaired) electrons. The van der Waals surface area contributed by atoms with E-state index in [0.717, 1.165) is 28.7 Å². The number of amides is 1. The molecule has 3 rings (SSSR count). The largest absolute Gasteiger partial charge is 0.497 e. The van der Waals surface area contributed by atoms with Gasteiger partial charge in [-0.15, -0.1) is 0 Å². The molecule has 1 N–H and O–H groups in total. The molecule has 82 valence electrons. The van der Waals surface area contributed by atoms with Crippen molar-refractivity contribution in [3.8, 4) is 5.75 Å². The lowest BCUT2D eigenvalue weighted by atomic mass is 10.0. The van der Waals surface area contributed by atoms with Crippen LogP contribution in [0.2, 0.25) is 0 Å². The van der Waals surface area contributed by atoms with Crippen LogP contribution in [-0.4, -0.2) is 19.6 Å². The first-order valence-corrected chi connectivity index (χ1v) is 5.17. The van der Waals surface area contributed by atoms with Crippen molar-refractivity contribution in [1.29, 1.82) is 0 Å². The number of hydrogen-bond acceptors (Lipinski definition) is 3. The van der Waals surface area contributed by atoms with Gasteiger partial charge < -0.3 is 14.5 Å². The lowest BCUT2D eigenvalue weighted by Gasteiger charge is -2.10. The Morgan fingerprint density at radius 1 is 1.44 bits per heavy atom. The van der Waals surface area contributed by atoms with Crippen molar-refractivity contribution in [2.24, 2.45) is 0 Å². The summed E-state index contributed by atoms with van der Waals surface area (Å²) in [6.07, 6.45) is 0.807. The molecule has 0 aliphatic carbocycles. The molecule has 0 saturated carbocycles. The van der Waals surface area contributed by atoms with Crippen molar-refractivity contribution in [1.82, 2.24) is 5.32 Å². The molecule has 1 aliphatic rings. The molecule has 0 fully saturated rings. The van der Waals surface area contributed by atoms with Crippen molar-refractivity contribution in [2.45, 2.75) is 6.42 Å². The van der Waals surface area contributed by atoms with E-state index in [-0.39, 0.29) is 5.91 Å². The third kappa shape index (κ3) is 1.19. The second-order valence-corrected chi connectivity index (χ2v) is 3.78. The Hall–Kier alpha value is -1.97. The first-order valence-electron chi connectivity index (χ1n) is 5.17. The van der Waals surface area contributed by atoms with Gasteiger partial charge in [0.2, 0.25) is 0 Å². The summed E-state index contributed by atoms with van der Waals surface area (Å²) in [6.45, 7) is 0.664. The van der Waals surface area contributed by atoms with Crippen LogP contribution in [-0.2, 0) is 6.42 Å². The van der Waals surface area contributed by atoms with Crippen LogP contribution in [0.15, 0.2) is 22.6 Å². The fourth-order valence-electron chi connectivity index (χ4n) is 2.07. The fraction of sp³-hybridized carbons (Fsp3) is 0.250. The Bertz CT molecular complexity index is 571. The molecule has 2 heterocycles. The molecule has 0 unspecified atom stereocenters. The minimum Gasteiger partial charge on any atom is -0.497 e. The Morgan fingerprint density at radius 2 is 2.31 bits per heavy atom. The van der Waals surface area contributed by atoms with Crippen LogP contribution in [0.25, 0.3) is 11.0 Å². The van der Waals surface area contributed by atoms with Gasteiger partial charge in [-0.05, 0) is 24.6 Å². The number of carbonyl (C=O) groups is 1. The van der Waals surface area contributed by atoms with Crippen LogP contribution >= 0.6 is 0 Å². The molecule has 4 nitrogen and oxygen atoms in total. The number of carbonyl (C=O) groups excluding carboxylic acids is 1. The highest BCUT2D eigenvalue weighted by Gasteiger charge is 2.24. The Labute approximate surface area is 92.2 Å². The first kappa shape index (κ1) is 9.27. The molecule has 0 atom stereocenters. The average molecular weight is 217 g/mol. The lowest BCUT2D eigenvalue weighted by Crippen LogP contribution is -2.30. The van der Waals surface area contributed by atoms with Crippen LogP contribution < -0.4 is 10.1 Å². The van der Waals surface area contributed by atoms with Gasteiger partial charge >= 0.3 is 0 Å². The van der Waals surface area contributed by atoms with Crippen molar-refractivity contribution >= 4 is 16.9 Å². The van der Waals surface area contributed by atoms with E-state index in [1.165, 1.54) is 0 Å². The molecule has 1 aromatic carbocycles. The minimum atomic E-state index is -0.128. The van der Waals surface area contributed by atoms with Gasteiger partial charge in [-0.1, -0.05) is 0 Å². The van der Waals surface area contributed by atoms with Gasteiger partial charge in [0.15, 0.2) is 5.76 Å². The van der Waals surface area contributed by atoms with E-state index >= 15 is 0 Å². The van der Waals surface area contributed by atoms with E-state index in [0.29, 0.717) is 12.3 Å². The van der Waals surface area contributed by atoms with Gasteiger partial charge in [-0.2, -0.15) is 0 Å². The summed E-state index contributed by atoms with van der Waals surface area (Å²) in [7, 11) is 1.63. The van der Waals surface area contributed by atoms with Crippen LogP contribution in [0.1, 0.15) is 16.1 Å². The summed E-state index contributed by atoms with van der Waals surface area (Å²) in [5.41, 5.74) is 1.72. The second kappa shape index (κ2) is 3.27. The zero-order valence-corrected chi connectivity index (χ0v) is 8.87. The number of rotatable bonds is 1. The number of ether oxygens (including phenoxy) is 1.